The maximum atomic E-state index is 12.3. The highest BCUT2D eigenvalue weighted by molar-refractivity contribution is 8.26. The highest BCUT2D eigenvalue weighted by Crippen LogP contribution is 2.20. The van der Waals surface area contributed by atoms with Gasteiger partial charge in [0.2, 0.25) is 0 Å². The zero-order valence-corrected chi connectivity index (χ0v) is 23.2. The fraction of sp³-hybridized carbons (Fsp3) is 0.269. The van der Waals surface area contributed by atoms with E-state index in [2.05, 4.69) is 30.4 Å². The number of H-pyrrole nitrogens is 2. The van der Waals surface area contributed by atoms with Crippen molar-refractivity contribution in [1.82, 2.24) is 20.4 Å². The topological polar surface area (TPSA) is 219 Å². The number of aromatic amines is 2. The van der Waals surface area contributed by atoms with Gasteiger partial charge in [0.15, 0.2) is 16.6 Å². The molecule has 208 valence electrons. The Hall–Kier alpha value is -4.01. The summed E-state index contributed by atoms with van der Waals surface area (Å²) < 4.78 is 0. The number of rotatable bonds is 10. The summed E-state index contributed by atoms with van der Waals surface area (Å²) in [6, 6.07) is 11.2. The number of amidine groups is 2. The number of unbranched alkanes of at least 4 members (excludes halogenated alkanes) is 1. The molecule has 0 saturated carbocycles. The van der Waals surface area contributed by atoms with E-state index in [0.717, 1.165) is 56.5 Å². The fourth-order valence-electron chi connectivity index (χ4n) is 4.08. The Morgan fingerprint density at radius 2 is 1.45 bits per heavy atom. The highest BCUT2D eigenvalue weighted by atomic mass is 32.2. The van der Waals surface area contributed by atoms with E-state index in [-0.39, 0.29) is 29.1 Å². The van der Waals surface area contributed by atoms with E-state index in [1.165, 1.54) is 0 Å². The van der Waals surface area contributed by atoms with Crippen molar-refractivity contribution in [3.63, 3.8) is 0 Å². The minimum atomic E-state index is -1.03. The number of aliphatic hydroxyl groups is 1. The first-order valence-electron chi connectivity index (χ1n) is 12.5. The van der Waals surface area contributed by atoms with Gasteiger partial charge in [0.25, 0.3) is 5.91 Å². The average molecular weight is 579 g/mol. The Morgan fingerprint density at radius 1 is 0.900 bits per heavy atom. The standard InChI is InChI=1S/C26H30N10O2S2/c27-21(39-25(29)33-23(37)11-15-5-3-7-19-17(15)13-31-35-19)9-1-2-10-22(28)40-26(30)34-24(38)12-16-6-4-8-20-18(16)14-32-36-20/h3-8,13-14,23,27-28,37H,1-2,9-12H2,(H2,29,33)(H,31,35)(H,32,36)(H2,30,34,38). The third kappa shape index (κ3) is 8.24. The normalized spacial score (nSPS) is 13.1. The van der Waals surface area contributed by atoms with Crippen molar-refractivity contribution in [2.45, 2.75) is 44.8 Å². The molecule has 1 amide bonds. The van der Waals surface area contributed by atoms with Crippen molar-refractivity contribution in [2.24, 2.45) is 21.5 Å². The molecule has 40 heavy (non-hydrogen) atoms. The molecule has 0 radical (unpaired) electrons. The number of amides is 1. The van der Waals surface area contributed by atoms with Gasteiger partial charge in [-0.2, -0.15) is 15.2 Å². The molecule has 2 aromatic carbocycles. The monoisotopic (exact) mass is 578 g/mol. The number of carbonyl (C=O) groups excluding carboxylic acids is 1. The van der Waals surface area contributed by atoms with Crippen LogP contribution in [0.25, 0.3) is 21.8 Å². The molecule has 0 spiro atoms. The van der Waals surface area contributed by atoms with Crippen LogP contribution in [0.4, 0.5) is 0 Å². The molecule has 0 saturated heterocycles. The zero-order chi connectivity index (χ0) is 28.5. The molecule has 4 rings (SSSR count). The molecule has 9 N–H and O–H groups in total. The summed E-state index contributed by atoms with van der Waals surface area (Å²) in [5.74, 6) is -0.389. The molecule has 1 unspecified atom stereocenters. The van der Waals surface area contributed by atoms with Gasteiger partial charge in [-0.15, -0.1) is 0 Å². The fourth-order valence-corrected chi connectivity index (χ4v) is 5.40. The van der Waals surface area contributed by atoms with Gasteiger partial charge >= 0.3 is 0 Å². The molecule has 2 aromatic heterocycles. The smallest absolute Gasteiger partial charge is 0.252 e. The first-order valence-corrected chi connectivity index (χ1v) is 14.1. The summed E-state index contributed by atoms with van der Waals surface area (Å²) >= 11 is 1.97. The number of nitrogens with two attached hydrogens (primary N) is 2. The lowest BCUT2D eigenvalue weighted by molar-refractivity contribution is -0.117. The van der Waals surface area contributed by atoms with Crippen molar-refractivity contribution >= 4 is 71.7 Å². The Balaban J connectivity index is 1.14. The van der Waals surface area contributed by atoms with E-state index in [1.807, 2.05) is 36.4 Å². The van der Waals surface area contributed by atoms with E-state index in [9.17, 15) is 9.90 Å². The third-order valence-corrected chi connectivity index (χ3v) is 7.43. The van der Waals surface area contributed by atoms with E-state index in [0.29, 0.717) is 35.8 Å². The van der Waals surface area contributed by atoms with Gasteiger partial charge in [-0.05, 0) is 72.5 Å². The van der Waals surface area contributed by atoms with E-state index in [4.69, 9.17) is 22.3 Å². The van der Waals surface area contributed by atoms with Crippen LogP contribution in [0.2, 0.25) is 0 Å². The van der Waals surface area contributed by atoms with Crippen molar-refractivity contribution in [1.29, 1.82) is 10.8 Å². The van der Waals surface area contributed by atoms with Gasteiger partial charge in [0.05, 0.1) is 39.9 Å². The molecule has 0 aliphatic rings. The van der Waals surface area contributed by atoms with E-state index < -0.39 is 6.23 Å². The Morgan fingerprint density at radius 3 is 2.08 bits per heavy atom. The van der Waals surface area contributed by atoms with Crippen LogP contribution in [0.1, 0.15) is 36.8 Å². The van der Waals surface area contributed by atoms with Gasteiger partial charge in [0, 0.05) is 17.2 Å². The second kappa shape index (κ2) is 13.9. The number of hydrogen-bond donors (Lipinski definition) is 7. The number of hydrogen-bond acceptors (Lipinski definition) is 9. The van der Waals surface area contributed by atoms with Gasteiger partial charge in [-0.25, -0.2) is 4.99 Å². The Labute approximate surface area is 238 Å². The first-order chi connectivity index (χ1) is 19.3. The first kappa shape index (κ1) is 29.0. The third-order valence-electron chi connectivity index (χ3n) is 5.92. The van der Waals surface area contributed by atoms with Crippen molar-refractivity contribution in [3.05, 3.63) is 59.9 Å². The second-order valence-electron chi connectivity index (χ2n) is 8.93. The van der Waals surface area contributed by atoms with Gasteiger partial charge in [0.1, 0.15) is 0 Å². The number of aliphatic hydroxyl groups excluding tert-OH is 1. The quantitative estimate of drug-likeness (QED) is 0.0833. The second-order valence-corrected chi connectivity index (χ2v) is 11.2. The van der Waals surface area contributed by atoms with Gasteiger partial charge in [-0.3, -0.25) is 25.8 Å². The molecular formula is C26H30N10O2S2. The van der Waals surface area contributed by atoms with Crippen molar-refractivity contribution < 1.29 is 9.90 Å². The SMILES string of the molecule is N=C(CCCCC(=N)SC(N)=NC(O)Cc1cccc2[nH]ncc12)SC(N)=NC(=O)Cc1cccc2[nH]ncc12. The largest absolute Gasteiger partial charge is 0.378 e. The lowest BCUT2D eigenvalue weighted by Crippen LogP contribution is -2.17. The number of fused-ring (bicyclic) bond motifs is 2. The lowest BCUT2D eigenvalue weighted by atomic mass is 10.1. The lowest BCUT2D eigenvalue weighted by Gasteiger charge is -2.09. The van der Waals surface area contributed by atoms with E-state index in [1.54, 1.807) is 12.4 Å². The Kier molecular flexibility index (Phi) is 10.0. The van der Waals surface area contributed by atoms with E-state index >= 15 is 0 Å². The molecule has 1 atom stereocenters. The number of aromatic nitrogens is 4. The van der Waals surface area contributed by atoms with Crippen molar-refractivity contribution in [3.8, 4) is 0 Å². The minimum Gasteiger partial charge on any atom is -0.378 e. The van der Waals surface area contributed by atoms with Crippen LogP contribution < -0.4 is 11.5 Å². The number of benzene rings is 2. The average Bonchev–Trinajstić information content (AvgIpc) is 3.57. The molecule has 12 nitrogen and oxygen atoms in total. The molecule has 4 aromatic rings. The van der Waals surface area contributed by atoms with Crippen LogP contribution in [0.15, 0.2) is 58.8 Å². The molecule has 0 bridgehead atoms. The number of nitrogens with zero attached hydrogens (tertiary/aromatic N) is 4. The summed E-state index contributed by atoms with van der Waals surface area (Å²) in [6.45, 7) is 0. The van der Waals surface area contributed by atoms with Crippen LogP contribution in [0, 0.1) is 10.8 Å². The maximum absolute atomic E-state index is 12.3. The minimum absolute atomic E-state index is 0.0317. The molecular weight excluding hydrogens is 548 g/mol. The number of aliphatic imine (C=N–C) groups is 2. The maximum Gasteiger partial charge on any atom is 0.252 e. The van der Waals surface area contributed by atoms with Crippen LogP contribution in [-0.2, 0) is 17.6 Å². The van der Waals surface area contributed by atoms with Crippen LogP contribution in [-0.4, -0.2) is 58.1 Å². The van der Waals surface area contributed by atoms with Crippen LogP contribution in [0.3, 0.4) is 0 Å². The number of carbonyl (C=O) groups is 1. The van der Waals surface area contributed by atoms with Gasteiger partial charge < -0.3 is 16.6 Å². The highest BCUT2D eigenvalue weighted by Gasteiger charge is 2.12. The van der Waals surface area contributed by atoms with Crippen LogP contribution >= 0.6 is 23.5 Å². The molecule has 2 heterocycles. The predicted molar refractivity (Wildman–Crippen MR) is 163 cm³/mol. The summed E-state index contributed by atoms with van der Waals surface area (Å²) in [6.07, 6.45) is 4.95. The zero-order valence-electron chi connectivity index (χ0n) is 21.6. The predicted octanol–water partition coefficient (Wildman–Crippen LogP) is 3.68. The van der Waals surface area contributed by atoms with Crippen LogP contribution in [0.5, 0.6) is 0 Å². The molecule has 0 fully saturated rings. The summed E-state index contributed by atoms with van der Waals surface area (Å²) in [5.41, 5.74) is 15.3. The summed E-state index contributed by atoms with van der Waals surface area (Å²) in [7, 11) is 0. The molecule has 14 heteroatoms. The molecule has 0 aliphatic heterocycles. The van der Waals surface area contributed by atoms with Gasteiger partial charge in [-0.1, -0.05) is 24.3 Å². The summed E-state index contributed by atoms with van der Waals surface area (Å²) in [4.78, 5) is 20.4. The number of thioether (sulfide) groups is 2. The summed E-state index contributed by atoms with van der Waals surface area (Å²) in [5, 5.41) is 42.9. The molecule has 0 aliphatic carbocycles. The Bertz CT molecular complexity index is 1580. The van der Waals surface area contributed by atoms with Crippen molar-refractivity contribution in [2.75, 3.05) is 0 Å². The number of nitrogens with one attached hydrogen (secondary N) is 4.